The van der Waals surface area contributed by atoms with E-state index in [2.05, 4.69) is 10.0 Å². The molecule has 1 unspecified atom stereocenters. The van der Waals surface area contributed by atoms with Crippen LogP contribution in [0.4, 0.5) is 11.4 Å². The number of amides is 1. The highest BCUT2D eigenvalue weighted by Gasteiger charge is 2.21. The Kier molecular flexibility index (Phi) is 7.34. The van der Waals surface area contributed by atoms with Gasteiger partial charge in [0.05, 0.1) is 17.6 Å². The van der Waals surface area contributed by atoms with Gasteiger partial charge in [0.1, 0.15) is 5.75 Å². The average Bonchev–Trinajstić information content (AvgIpc) is 2.79. The third-order valence-corrected chi connectivity index (χ3v) is 6.04. The van der Waals surface area contributed by atoms with Gasteiger partial charge in [0.15, 0.2) is 6.10 Å². The SMILES string of the molecule is COc1ccc(NS(=O)(=O)c2cccc(C(=O)OC(C)C(=O)Nc3cccc(C)c3)c2)cc1. The van der Waals surface area contributed by atoms with E-state index in [1.165, 1.54) is 38.3 Å². The van der Waals surface area contributed by atoms with Crippen LogP contribution in [0.2, 0.25) is 0 Å². The van der Waals surface area contributed by atoms with Gasteiger partial charge in [-0.25, -0.2) is 13.2 Å². The van der Waals surface area contributed by atoms with E-state index in [9.17, 15) is 18.0 Å². The predicted molar refractivity (Wildman–Crippen MR) is 125 cm³/mol. The van der Waals surface area contributed by atoms with Crippen LogP contribution in [0, 0.1) is 6.92 Å². The van der Waals surface area contributed by atoms with Gasteiger partial charge in [0.25, 0.3) is 15.9 Å². The predicted octanol–water partition coefficient (Wildman–Crippen LogP) is 3.99. The summed E-state index contributed by atoms with van der Waals surface area (Å²) in [6, 6.07) is 19.0. The molecule has 172 valence electrons. The number of esters is 1. The molecule has 9 heteroatoms. The molecule has 3 aromatic rings. The Balaban J connectivity index is 1.68. The van der Waals surface area contributed by atoms with E-state index in [0.717, 1.165) is 5.56 Å². The molecule has 1 atom stereocenters. The molecule has 0 heterocycles. The zero-order valence-electron chi connectivity index (χ0n) is 18.4. The fourth-order valence-electron chi connectivity index (χ4n) is 2.91. The highest BCUT2D eigenvalue weighted by molar-refractivity contribution is 7.92. The summed E-state index contributed by atoms with van der Waals surface area (Å²) in [6.07, 6.45) is -1.09. The highest BCUT2D eigenvalue weighted by atomic mass is 32.2. The maximum absolute atomic E-state index is 12.7. The molecule has 8 nitrogen and oxygen atoms in total. The summed E-state index contributed by atoms with van der Waals surface area (Å²) in [5.41, 5.74) is 1.90. The molecule has 0 bridgehead atoms. The lowest BCUT2D eigenvalue weighted by atomic mass is 10.2. The molecule has 0 radical (unpaired) electrons. The first-order chi connectivity index (χ1) is 15.7. The fourth-order valence-corrected chi connectivity index (χ4v) is 4.02. The summed E-state index contributed by atoms with van der Waals surface area (Å²) in [5, 5.41) is 2.68. The zero-order chi connectivity index (χ0) is 24.0. The van der Waals surface area contributed by atoms with Gasteiger partial charge in [-0.2, -0.15) is 0 Å². The van der Waals surface area contributed by atoms with Gasteiger partial charge in [-0.3, -0.25) is 9.52 Å². The van der Waals surface area contributed by atoms with Crippen molar-refractivity contribution in [3.05, 3.63) is 83.9 Å². The maximum Gasteiger partial charge on any atom is 0.338 e. The minimum absolute atomic E-state index is 0.00260. The zero-order valence-corrected chi connectivity index (χ0v) is 19.2. The molecule has 0 aliphatic rings. The maximum atomic E-state index is 12.7. The van der Waals surface area contributed by atoms with Crippen molar-refractivity contribution < 1.29 is 27.5 Å². The van der Waals surface area contributed by atoms with Crippen LogP contribution < -0.4 is 14.8 Å². The van der Waals surface area contributed by atoms with Gasteiger partial charge in [-0.05, 0) is 74.0 Å². The quantitative estimate of drug-likeness (QED) is 0.484. The van der Waals surface area contributed by atoms with E-state index in [4.69, 9.17) is 9.47 Å². The number of carbonyl (C=O) groups is 2. The fraction of sp³-hybridized carbons (Fsp3) is 0.167. The number of sulfonamides is 1. The molecule has 3 rings (SSSR count). The molecular formula is C24H24N2O6S. The van der Waals surface area contributed by atoms with Gasteiger partial charge >= 0.3 is 5.97 Å². The minimum atomic E-state index is -3.96. The number of rotatable bonds is 8. The van der Waals surface area contributed by atoms with Gasteiger partial charge in [-0.15, -0.1) is 0 Å². The molecule has 0 aromatic heterocycles. The molecule has 2 N–H and O–H groups in total. The minimum Gasteiger partial charge on any atom is -0.497 e. The van der Waals surface area contributed by atoms with Crippen LogP contribution in [-0.2, 0) is 19.6 Å². The Bertz CT molecular complexity index is 1260. The number of carbonyl (C=O) groups excluding carboxylic acids is 2. The Hall–Kier alpha value is -3.85. The number of ether oxygens (including phenoxy) is 2. The molecule has 0 saturated heterocycles. The average molecular weight is 469 g/mol. The number of hydrogen-bond donors (Lipinski definition) is 2. The third-order valence-electron chi connectivity index (χ3n) is 4.66. The van der Waals surface area contributed by atoms with Crippen molar-refractivity contribution >= 4 is 33.3 Å². The van der Waals surface area contributed by atoms with Crippen LogP contribution in [0.1, 0.15) is 22.8 Å². The van der Waals surface area contributed by atoms with Crippen molar-refractivity contribution in [2.45, 2.75) is 24.8 Å². The Labute approximate surface area is 192 Å². The summed E-state index contributed by atoms with van der Waals surface area (Å²) in [6.45, 7) is 3.33. The van der Waals surface area contributed by atoms with Crippen molar-refractivity contribution in [2.75, 3.05) is 17.1 Å². The van der Waals surface area contributed by atoms with Crippen molar-refractivity contribution in [3.8, 4) is 5.75 Å². The van der Waals surface area contributed by atoms with E-state index in [-0.39, 0.29) is 10.5 Å². The van der Waals surface area contributed by atoms with E-state index in [0.29, 0.717) is 17.1 Å². The topological polar surface area (TPSA) is 111 Å². The summed E-state index contributed by atoms with van der Waals surface area (Å²) < 4.78 is 38.2. The first kappa shape index (κ1) is 23.8. The van der Waals surface area contributed by atoms with Crippen molar-refractivity contribution in [3.63, 3.8) is 0 Å². The molecule has 0 fully saturated rings. The van der Waals surface area contributed by atoms with E-state index >= 15 is 0 Å². The Morgan fingerprint density at radius 1 is 0.909 bits per heavy atom. The van der Waals surface area contributed by atoms with E-state index in [1.54, 1.807) is 42.5 Å². The second-order valence-electron chi connectivity index (χ2n) is 7.27. The molecule has 0 saturated carbocycles. The smallest absolute Gasteiger partial charge is 0.338 e. The van der Waals surface area contributed by atoms with Gasteiger partial charge in [0, 0.05) is 11.4 Å². The third kappa shape index (κ3) is 6.33. The molecule has 0 aliphatic heterocycles. The molecule has 1 amide bonds. The first-order valence-electron chi connectivity index (χ1n) is 10.0. The lowest BCUT2D eigenvalue weighted by molar-refractivity contribution is -0.123. The van der Waals surface area contributed by atoms with Crippen LogP contribution in [0.25, 0.3) is 0 Å². The molecule has 33 heavy (non-hydrogen) atoms. The first-order valence-corrected chi connectivity index (χ1v) is 11.5. The summed E-state index contributed by atoms with van der Waals surface area (Å²) in [5.74, 6) is -0.731. The van der Waals surface area contributed by atoms with Crippen LogP contribution in [0.15, 0.2) is 77.7 Å². The van der Waals surface area contributed by atoms with Gasteiger partial charge in [0.2, 0.25) is 0 Å². The molecular weight excluding hydrogens is 444 g/mol. The van der Waals surface area contributed by atoms with E-state index in [1.807, 2.05) is 13.0 Å². The largest absolute Gasteiger partial charge is 0.497 e. The number of benzene rings is 3. The number of methoxy groups -OCH3 is 1. The molecule has 0 aliphatic carbocycles. The van der Waals surface area contributed by atoms with Crippen molar-refractivity contribution in [1.82, 2.24) is 0 Å². The Morgan fingerprint density at radius 3 is 2.27 bits per heavy atom. The normalized spacial score (nSPS) is 11.8. The van der Waals surface area contributed by atoms with Crippen molar-refractivity contribution in [2.24, 2.45) is 0 Å². The summed E-state index contributed by atoms with van der Waals surface area (Å²) in [4.78, 5) is 24.8. The van der Waals surface area contributed by atoms with Gasteiger partial charge < -0.3 is 14.8 Å². The van der Waals surface area contributed by atoms with E-state index < -0.39 is 28.0 Å². The van der Waals surface area contributed by atoms with Crippen LogP contribution in [0.5, 0.6) is 5.75 Å². The second-order valence-corrected chi connectivity index (χ2v) is 8.95. The summed E-state index contributed by atoms with van der Waals surface area (Å²) >= 11 is 0. The number of anilines is 2. The standard InChI is InChI=1S/C24H24N2O6S/c1-16-6-4-8-20(14-16)25-23(27)17(2)32-24(28)18-7-5-9-22(15-18)33(29,30)26-19-10-12-21(31-3)13-11-19/h4-15,17,26H,1-3H3,(H,25,27). The van der Waals surface area contributed by atoms with Crippen LogP contribution in [0.3, 0.4) is 0 Å². The number of aryl methyl sites for hydroxylation is 1. The monoisotopic (exact) mass is 468 g/mol. The van der Waals surface area contributed by atoms with Crippen LogP contribution >= 0.6 is 0 Å². The van der Waals surface area contributed by atoms with Crippen molar-refractivity contribution in [1.29, 1.82) is 0 Å². The Morgan fingerprint density at radius 2 is 1.61 bits per heavy atom. The molecule has 0 spiro atoms. The number of nitrogens with one attached hydrogen (secondary N) is 2. The van der Waals surface area contributed by atoms with Gasteiger partial charge in [-0.1, -0.05) is 18.2 Å². The summed E-state index contributed by atoms with van der Waals surface area (Å²) in [7, 11) is -2.45. The number of hydrogen-bond acceptors (Lipinski definition) is 6. The highest BCUT2D eigenvalue weighted by Crippen LogP contribution is 2.20. The second kappa shape index (κ2) is 10.2. The lowest BCUT2D eigenvalue weighted by Gasteiger charge is -2.14. The van der Waals surface area contributed by atoms with Crippen LogP contribution in [-0.4, -0.2) is 33.5 Å². The molecule has 3 aromatic carbocycles. The lowest BCUT2D eigenvalue weighted by Crippen LogP contribution is -2.30.